The topological polar surface area (TPSA) is 41.2 Å². The third-order valence-corrected chi connectivity index (χ3v) is 3.65. The molecule has 5 heteroatoms. The van der Waals surface area contributed by atoms with Gasteiger partial charge in [0, 0.05) is 18.3 Å². The molecule has 0 saturated heterocycles. The quantitative estimate of drug-likeness (QED) is 0.823. The van der Waals surface area contributed by atoms with Crippen molar-refractivity contribution < 1.29 is 4.74 Å². The lowest BCUT2D eigenvalue weighted by Crippen LogP contribution is -2.19. The molecular weight excluding hydrogens is 298 g/mol. The summed E-state index contributed by atoms with van der Waals surface area (Å²) >= 11 is 6.33. The highest BCUT2D eigenvalue weighted by Gasteiger charge is 2.12. The van der Waals surface area contributed by atoms with E-state index in [0.717, 1.165) is 36.3 Å². The first-order valence-electron chi connectivity index (χ1n) is 7.69. The number of nitrogens with zero attached hydrogens (tertiary/aromatic N) is 2. The Kier molecular flexibility index (Phi) is 5.86. The molecule has 0 bridgehead atoms. The minimum Gasteiger partial charge on any atom is -0.489 e. The number of ether oxygens (including phenoxy) is 1. The van der Waals surface area contributed by atoms with Gasteiger partial charge in [-0.05, 0) is 51.6 Å². The number of halogens is 1. The molecule has 1 N–H and O–H groups in total. The van der Waals surface area contributed by atoms with Gasteiger partial charge in [0.2, 0.25) is 0 Å². The van der Waals surface area contributed by atoms with E-state index < -0.39 is 0 Å². The maximum absolute atomic E-state index is 6.33. The fourth-order valence-electron chi connectivity index (χ4n) is 2.42. The number of nitrogens with one attached hydrogen (secondary N) is 1. The van der Waals surface area contributed by atoms with Crippen molar-refractivity contribution in [2.24, 2.45) is 0 Å². The maximum Gasteiger partial charge on any atom is 0.138 e. The minimum atomic E-state index is 0.107. The van der Waals surface area contributed by atoms with Gasteiger partial charge in [0.25, 0.3) is 0 Å². The SMILES string of the molecule is CCCN(C)Cc1n[nH]cc1-c1ccc(OC(C)C)c(Cl)c1. The Morgan fingerprint density at radius 1 is 1.36 bits per heavy atom. The van der Waals surface area contributed by atoms with E-state index in [1.165, 1.54) is 0 Å². The highest BCUT2D eigenvalue weighted by atomic mass is 35.5. The van der Waals surface area contributed by atoms with Crippen molar-refractivity contribution in [3.05, 3.63) is 35.1 Å². The molecule has 0 spiro atoms. The second-order valence-corrected chi connectivity index (χ2v) is 6.20. The zero-order valence-electron chi connectivity index (χ0n) is 13.7. The number of rotatable bonds is 7. The zero-order chi connectivity index (χ0) is 16.1. The first kappa shape index (κ1) is 16.8. The summed E-state index contributed by atoms with van der Waals surface area (Å²) in [5, 5.41) is 7.96. The Bertz CT molecular complexity index is 610. The maximum atomic E-state index is 6.33. The molecule has 22 heavy (non-hydrogen) atoms. The number of aromatic nitrogens is 2. The zero-order valence-corrected chi connectivity index (χ0v) is 14.4. The van der Waals surface area contributed by atoms with Crippen molar-refractivity contribution in [3.8, 4) is 16.9 Å². The summed E-state index contributed by atoms with van der Waals surface area (Å²) in [5.74, 6) is 0.716. The molecule has 0 fully saturated rings. The van der Waals surface area contributed by atoms with Crippen LogP contribution in [-0.4, -0.2) is 34.8 Å². The third kappa shape index (κ3) is 4.24. The molecule has 2 rings (SSSR count). The minimum absolute atomic E-state index is 0.107. The Balaban J connectivity index is 2.22. The van der Waals surface area contributed by atoms with Crippen LogP contribution in [0.15, 0.2) is 24.4 Å². The van der Waals surface area contributed by atoms with Crippen LogP contribution in [0.2, 0.25) is 5.02 Å². The van der Waals surface area contributed by atoms with Crippen LogP contribution in [0.1, 0.15) is 32.9 Å². The molecule has 0 saturated carbocycles. The van der Waals surface area contributed by atoms with E-state index in [2.05, 4.69) is 29.1 Å². The lowest BCUT2D eigenvalue weighted by molar-refractivity contribution is 0.242. The van der Waals surface area contributed by atoms with Crippen molar-refractivity contribution in [3.63, 3.8) is 0 Å². The van der Waals surface area contributed by atoms with E-state index in [-0.39, 0.29) is 6.10 Å². The largest absolute Gasteiger partial charge is 0.489 e. The second kappa shape index (κ2) is 7.65. The second-order valence-electron chi connectivity index (χ2n) is 5.80. The molecule has 1 heterocycles. The normalized spacial score (nSPS) is 11.4. The number of benzene rings is 1. The summed E-state index contributed by atoms with van der Waals surface area (Å²) in [4.78, 5) is 2.26. The molecular formula is C17H24ClN3O. The molecule has 0 unspecified atom stereocenters. The molecule has 2 aromatic rings. The number of aromatic amines is 1. The summed E-state index contributed by atoms with van der Waals surface area (Å²) < 4.78 is 5.68. The van der Waals surface area contributed by atoms with Gasteiger partial charge in [-0.1, -0.05) is 24.6 Å². The van der Waals surface area contributed by atoms with Gasteiger partial charge in [0.15, 0.2) is 0 Å². The lowest BCUT2D eigenvalue weighted by atomic mass is 10.1. The van der Waals surface area contributed by atoms with Crippen molar-refractivity contribution in [2.75, 3.05) is 13.6 Å². The fraction of sp³-hybridized carbons (Fsp3) is 0.471. The monoisotopic (exact) mass is 321 g/mol. The van der Waals surface area contributed by atoms with Crippen LogP contribution in [-0.2, 0) is 6.54 Å². The first-order chi connectivity index (χ1) is 10.5. The first-order valence-corrected chi connectivity index (χ1v) is 8.06. The molecule has 0 aliphatic rings. The van der Waals surface area contributed by atoms with E-state index in [1.807, 2.05) is 38.2 Å². The number of hydrogen-bond donors (Lipinski definition) is 1. The smallest absolute Gasteiger partial charge is 0.138 e. The van der Waals surface area contributed by atoms with Crippen molar-refractivity contribution >= 4 is 11.6 Å². The van der Waals surface area contributed by atoms with Crippen LogP contribution < -0.4 is 4.74 Å². The Labute approximate surface area is 137 Å². The summed E-state index contributed by atoms with van der Waals surface area (Å²) in [7, 11) is 2.11. The molecule has 0 radical (unpaired) electrons. The van der Waals surface area contributed by atoms with Gasteiger partial charge >= 0.3 is 0 Å². The Morgan fingerprint density at radius 3 is 2.77 bits per heavy atom. The summed E-state index contributed by atoms with van der Waals surface area (Å²) in [6, 6.07) is 5.88. The molecule has 1 aromatic carbocycles. The van der Waals surface area contributed by atoms with Crippen LogP contribution in [0, 0.1) is 0 Å². The molecule has 0 amide bonds. The van der Waals surface area contributed by atoms with Crippen LogP contribution >= 0.6 is 11.6 Å². The summed E-state index contributed by atoms with van der Waals surface area (Å²) in [6.45, 7) is 8.02. The third-order valence-electron chi connectivity index (χ3n) is 3.35. The summed E-state index contributed by atoms with van der Waals surface area (Å²) in [5.41, 5.74) is 3.17. The van der Waals surface area contributed by atoms with Crippen LogP contribution in [0.5, 0.6) is 5.75 Å². The van der Waals surface area contributed by atoms with E-state index in [0.29, 0.717) is 10.8 Å². The molecule has 0 aliphatic carbocycles. The predicted molar refractivity (Wildman–Crippen MR) is 91.4 cm³/mol. The van der Waals surface area contributed by atoms with Gasteiger partial charge < -0.3 is 9.64 Å². The highest BCUT2D eigenvalue weighted by Crippen LogP contribution is 2.32. The molecule has 1 aromatic heterocycles. The van der Waals surface area contributed by atoms with Gasteiger partial charge in [0.1, 0.15) is 5.75 Å². The number of hydrogen-bond acceptors (Lipinski definition) is 3. The van der Waals surface area contributed by atoms with Crippen molar-refractivity contribution in [1.29, 1.82) is 0 Å². The lowest BCUT2D eigenvalue weighted by Gasteiger charge is -2.15. The average Bonchev–Trinajstić information content (AvgIpc) is 2.89. The molecule has 120 valence electrons. The standard InChI is InChI=1S/C17H24ClN3O/c1-5-8-21(4)11-16-14(10-19-20-16)13-6-7-17(15(18)9-13)22-12(2)3/h6-7,9-10,12H,5,8,11H2,1-4H3,(H,19,20). The summed E-state index contributed by atoms with van der Waals surface area (Å²) in [6.07, 6.45) is 3.16. The fourth-order valence-corrected chi connectivity index (χ4v) is 2.65. The van der Waals surface area contributed by atoms with Crippen LogP contribution in [0.4, 0.5) is 0 Å². The van der Waals surface area contributed by atoms with Crippen LogP contribution in [0.3, 0.4) is 0 Å². The van der Waals surface area contributed by atoms with E-state index in [4.69, 9.17) is 16.3 Å². The highest BCUT2D eigenvalue weighted by molar-refractivity contribution is 6.32. The number of H-pyrrole nitrogens is 1. The average molecular weight is 322 g/mol. The van der Waals surface area contributed by atoms with E-state index >= 15 is 0 Å². The van der Waals surface area contributed by atoms with E-state index in [1.54, 1.807) is 0 Å². The van der Waals surface area contributed by atoms with Gasteiger partial charge in [-0.15, -0.1) is 0 Å². The Morgan fingerprint density at radius 2 is 2.14 bits per heavy atom. The van der Waals surface area contributed by atoms with Crippen molar-refractivity contribution in [1.82, 2.24) is 15.1 Å². The van der Waals surface area contributed by atoms with Gasteiger partial charge in [0.05, 0.1) is 16.8 Å². The van der Waals surface area contributed by atoms with Crippen molar-refractivity contribution in [2.45, 2.75) is 39.8 Å². The Hall–Kier alpha value is -1.52. The van der Waals surface area contributed by atoms with Crippen LogP contribution in [0.25, 0.3) is 11.1 Å². The molecule has 0 atom stereocenters. The van der Waals surface area contributed by atoms with Gasteiger partial charge in [-0.25, -0.2) is 0 Å². The molecule has 0 aliphatic heterocycles. The van der Waals surface area contributed by atoms with E-state index in [9.17, 15) is 0 Å². The predicted octanol–water partition coefficient (Wildman–Crippen LogP) is 4.36. The molecule has 4 nitrogen and oxygen atoms in total. The van der Waals surface area contributed by atoms with Gasteiger partial charge in [-0.3, -0.25) is 5.10 Å². The van der Waals surface area contributed by atoms with Gasteiger partial charge in [-0.2, -0.15) is 5.10 Å².